The van der Waals surface area contributed by atoms with Crippen LogP contribution in [0.5, 0.6) is 0 Å². The third-order valence-electron chi connectivity index (χ3n) is 4.34. The highest BCUT2D eigenvalue weighted by Gasteiger charge is 2.10. The van der Waals surface area contributed by atoms with E-state index in [0.717, 1.165) is 26.3 Å². The summed E-state index contributed by atoms with van der Waals surface area (Å²) in [5.74, 6) is -0.299. The summed E-state index contributed by atoms with van der Waals surface area (Å²) in [4.78, 5) is 29.0. The number of rotatable bonds is 6. The second-order valence-corrected chi connectivity index (χ2v) is 8.28. The number of amides is 1. The number of nitrogens with zero attached hydrogens (tertiary/aromatic N) is 3. The highest BCUT2D eigenvalue weighted by Crippen LogP contribution is 2.23. The lowest BCUT2D eigenvalue weighted by atomic mass is 10.1. The predicted molar refractivity (Wildman–Crippen MR) is 121 cm³/mol. The molecule has 2 heterocycles. The zero-order chi connectivity index (χ0) is 20.9. The number of hydrogen-bond donors (Lipinski definition) is 1. The Balaban J connectivity index is 1.41. The van der Waals surface area contributed by atoms with E-state index in [9.17, 15) is 9.59 Å². The Morgan fingerprint density at radius 3 is 2.53 bits per heavy atom. The fourth-order valence-electron chi connectivity index (χ4n) is 2.82. The lowest BCUT2D eigenvalue weighted by Gasteiger charge is -2.08. The van der Waals surface area contributed by atoms with Crippen molar-refractivity contribution in [3.05, 3.63) is 92.6 Å². The van der Waals surface area contributed by atoms with Crippen molar-refractivity contribution in [1.29, 1.82) is 0 Å². The van der Waals surface area contributed by atoms with E-state index in [2.05, 4.69) is 31.3 Å². The van der Waals surface area contributed by atoms with Crippen LogP contribution in [-0.2, 0) is 17.9 Å². The molecule has 0 saturated heterocycles. The minimum atomic E-state index is -0.328. The molecule has 2 aromatic heterocycles. The molecule has 2 aromatic carbocycles. The van der Waals surface area contributed by atoms with Crippen molar-refractivity contribution in [3.8, 4) is 21.8 Å². The van der Waals surface area contributed by atoms with E-state index in [0.29, 0.717) is 12.2 Å². The molecule has 6 nitrogen and oxygen atoms in total. The molecule has 0 aliphatic carbocycles. The van der Waals surface area contributed by atoms with Gasteiger partial charge < -0.3 is 5.32 Å². The molecule has 1 N–H and O–H groups in total. The molecule has 0 aliphatic rings. The first kappa shape index (κ1) is 20.2. The van der Waals surface area contributed by atoms with Crippen LogP contribution >= 0.6 is 27.3 Å². The lowest BCUT2D eigenvalue weighted by molar-refractivity contribution is -0.122. The predicted octanol–water partition coefficient (Wildman–Crippen LogP) is 4.11. The van der Waals surface area contributed by atoms with Crippen LogP contribution in [0.25, 0.3) is 21.8 Å². The van der Waals surface area contributed by atoms with Crippen molar-refractivity contribution in [2.75, 3.05) is 0 Å². The highest BCUT2D eigenvalue weighted by atomic mass is 79.9. The maximum absolute atomic E-state index is 12.4. The van der Waals surface area contributed by atoms with E-state index in [1.807, 2.05) is 60.0 Å². The van der Waals surface area contributed by atoms with Crippen LogP contribution in [0, 0.1) is 0 Å². The maximum atomic E-state index is 12.4. The molecule has 0 bridgehead atoms. The molecule has 0 spiro atoms. The molecule has 0 fully saturated rings. The van der Waals surface area contributed by atoms with E-state index in [-0.39, 0.29) is 18.0 Å². The van der Waals surface area contributed by atoms with Gasteiger partial charge in [0.25, 0.3) is 5.56 Å². The smallest absolute Gasteiger partial charge is 0.267 e. The van der Waals surface area contributed by atoms with Gasteiger partial charge in [-0.2, -0.15) is 5.10 Å². The summed E-state index contributed by atoms with van der Waals surface area (Å²) in [7, 11) is 0. The lowest BCUT2D eigenvalue weighted by Crippen LogP contribution is -2.33. The van der Waals surface area contributed by atoms with Crippen molar-refractivity contribution in [2.24, 2.45) is 0 Å². The van der Waals surface area contributed by atoms with Gasteiger partial charge in [0.15, 0.2) is 0 Å². The van der Waals surface area contributed by atoms with Crippen LogP contribution in [-0.4, -0.2) is 20.7 Å². The minimum Gasteiger partial charge on any atom is -0.349 e. The van der Waals surface area contributed by atoms with Crippen molar-refractivity contribution < 1.29 is 4.79 Å². The molecule has 4 rings (SSSR count). The summed E-state index contributed by atoms with van der Waals surface area (Å²) in [5, 5.41) is 9.95. The molecule has 0 saturated carbocycles. The average Bonchev–Trinajstić information content (AvgIpc) is 3.24. The van der Waals surface area contributed by atoms with Gasteiger partial charge in [0.05, 0.1) is 17.9 Å². The van der Waals surface area contributed by atoms with Crippen LogP contribution in [0.3, 0.4) is 0 Å². The summed E-state index contributed by atoms with van der Waals surface area (Å²) in [6.07, 6.45) is 0. The van der Waals surface area contributed by atoms with Gasteiger partial charge in [0, 0.05) is 27.0 Å². The largest absolute Gasteiger partial charge is 0.349 e. The maximum Gasteiger partial charge on any atom is 0.267 e. The zero-order valence-electron chi connectivity index (χ0n) is 15.8. The fourth-order valence-corrected chi connectivity index (χ4v) is 3.91. The Hall–Kier alpha value is -3.10. The van der Waals surface area contributed by atoms with Crippen molar-refractivity contribution in [3.63, 3.8) is 0 Å². The number of benzene rings is 2. The zero-order valence-corrected chi connectivity index (χ0v) is 18.2. The summed E-state index contributed by atoms with van der Waals surface area (Å²) >= 11 is 4.92. The molecule has 0 unspecified atom stereocenters. The third-order valence-corrected chi connectivity index (χ3v) is 5.81. The Kier molecular flexibility index (Phi) is 6.15. The second kappa shape index (κ2) is 9.15. The quantitative estimate of drug-likeness (QED) is 0.450. The molecule has 8 heteroatoms. The number of thiazole rings is 1. The van der Waals surface area contributed by atoms with E-state index in [1.165, 1.54) is 22.1 Å². The summed E-state index contributed by atoms with van der Waals surface area (Å²) < 4.78 is 2.12. The van der Waals surface area contributed by atoms with E-state index in [4.69, 9.17) is 0 Å². The molecule has 0 aliphatic heterocycles. The molecule has 150 valence electrons. The number of carbonyl (C=O) groups excluding carboxylic acids is 1. The van der Waals surface area contributed by atoms with Gasteiger partial charge in [0.1, 0.15) is 11.6 Å². The first-order valence-corrected chi connectivity index (χ1v) is 10.9. The SMILES string of the molecule is O=C(Cn1nc(-c2ccc(Br)cc2)ccc1=O)NCc1csc(-c2ccccc2)n1. The number of hydrogen-bond acceptors (Lipinski definition) is 5. The van der Waals surface area contributed by atoms with Gasteiger partial charge in [-0.05, 0) is 18.2 Å². The van der Waals surface area contributed by atoms with Crippen LogP contribution in [0.15, 0.2) is 81.4 Å². The standard InChI is InChI=1S/C22H17BrN4O2S/c23-17-8-6-15(7-9-17)19-10-11-21(29)27(26-19)13-20(28)24-12-18-14-30-22(25-18)16-4-2-1-3-5-16/h1-11,14H,12-13H2,(H,24,28). The Labute approximate surface area is 185 Å². The molecular formula is C22H17BrN4O2S. The van der Waals surface area contributed by atoms with Gasteiger partial charge in [0.2, 0.25) is 5.91 Å². The first-order chi connectivity index (χ1) is 14.6. The van der Waals surface area contributed by atoms with Gasteiger partial charge in [-0.1, -0.05) is 58.4 Å². The summed E-state index contributed by atoms with van der Waals surface area (Å²) in [6, 6.07) is 20.5. The van der Waals surface area contributed by atoms with E-state index in [1.54, 1.807) is 6.07 Å². The summed E-state index contributed by atoms with van der Waals surface area (Å²) in [6.45, 7) is 0.141. The number of aromatic nitrogens is 3. The summed E-state index contributed by atoms with van der Waals surface area (Å²) in [5.41, 5.74) is 2.98. The van der Waals surface area contributed by atoms with Gasteiger partial charge in [-0.15, -0.1) is 11.3 Å². The number of halogens is 1. The normalized spacial score (nSPS) is 10.7. The molecule has 0 radical (unpaired) electrons. The van der Waals surface area contributed by atoms with E-state index < -0.39 is 0 Å². The fraction of sp³-hybridized carbons (Fsp3) is 0.0909. The van der Waals surface area contributed by atoms with Gasteiger partial charge >= 0.3 is 0 Å². The monoisotopic (exact) mass is 480 g/mol. The van der Waals surface area contributed by atoms with Crippen LogP contribution in [0.2, 0.25) is 0 Å². The first-order valence-electron chi connectivity index (χ1n) is 9.19. The topological polar surface area (TPSA) is 76.9 Å². The molecular weight excluding hydrogens is 464 g/mol. The number of nitrogens with one attached hydrogen (secondary N) is 1. The number of carbonyl (C=O) groups is 1. The van der Waals surface area contributed by atoms with Gasteiger partial charge in [-0.25, -0.2) is 9.67 Å². The van der Waals surface area contributed by atoms with Crippen molar-refractivity contribution in [1.82, 2.24) is 20.1 Å². The minimum absolute atomic E-state index is 0.154. The Morgan fingerprint density at radius 2 is 1.77 bits per heavy atom. The third kappa shape index (κ3) is 4.90. The average molecular weight is 481 g/mol. The van der Waals surface area contributed by atoms with Crippen molar-refractivity contribution in [2.45, 2.75) is 13.1 Å². The molecule has 1 amide bonds. The second-order valence-electron chi connectivity index (χ2n) is 6.51. The van der Waals surface area contributed by atoms with E-state index >= 15 is 0 Å². The van der Waals surface area contributed by atoms with Crippen LogP contribution in [0.4, 0.5) is 0 Å². The Morgan fingerprint density at radius 1 is 1.00 bits per heavy atom. The van der Waals surface area contributed by atoms with Crippen LogP contribution in [0.1, 0.15) is 5.69 Å². The highest BCUT2D eigenvalue weighted by molar-refractivity contribution is 9.10. The van der Waals surface area contributed by atoms with Gasteiger partial charge in [-0.3, -0.25) is 9.59 Å². The van der Waals surface area contributed by atoms with Crippen LogP contribution < -0.4 is 10.9 Å². The molecule has 30 heavy (non-hydrogen) atoms. The Bertz CT molecular complexity index is 1220. The molecule has 4 aromatic rings. The van der Waals surface area contributed by atoms with Crippen molar-refractivity contribution >= 4 is 33.2 Å². The molecule has 0 atom stereocenters.